The van der Waals surface area contributed by atoms with E-state index in [2.05, 4.69) is 16.0 Å². The smallest absolute Gasteiger partial charge is 0.231 e. The third-order valence-corrected chi connectivity index (χ3v) is 3.62. The van der Waals surface area contributed by atoms with E-state index in [1.54, 1.807) is 9.58 Å². The molecule has 1 aliphatic heterocycles. The fourth-order valence-electron chi connectivity index (χ4n) is 2.53. The minimum atomic E-state index is -0.0185. The van der Waals surface area contributed by atoms with Crippen LogP contribution in [0, 0.1) is 12.3 Å². The highest BCUT2D eigenvalue weighted by Crippen LogP contribution is 2.23. The maximum Gasteiger partial charge on any atom is 0.231 e. The third-order valence-electron chi connectivity index (χ3n) is 3.62. The number of carbonyl (C=O) groups excluding carboxylic acids is 1. The largest absolute Gasteiger partial charge is 0.368 e. The number of carbonyl (C=O) groups is 1. The van der Waals surface area contributed by atoms with E-state index in [1.165, 1.54) is 0 Å². The lowest BCUT2D eigenvalue weighted by atomic mass is 10.2. The number of hydrogen-bond donors (Lipinski definition) is 0. The van der Waals surface area contributed by atoms with Gasteiger partial charge in [-0.1, -0.05) is 36.3 Å². The van der Waals surface area contributed by atoms with E-state index in [0.29, 0.717) is 24.9 Å². The Hall–Kier alpha value is -2.65. The first-order valence-corrected chi connectivity index (χ1v) is 7.61. The van der Waals surface area contributed by atoms with Crippen molar-refractivity contribution in [1.82, 2.24) is 14.8 Å². The molecule has 1 aliphatic rings. The van der Waals surface area contributed by atoms with Crippen molar-refractivity contribution >= 4 is 11.9 Å². The Morgan fingerprint density at radius 1 is 1.30 bits per heavy atom. The standard InChI is InChI=1S/C17H18N4O2/c1-2-12-23-13-9-15(22)20-10-6-11-21-17(20)18-16(19-21)14-7-4-3-5-8-14/h1,3-5,7-8H,6,9-13H2. The van der Waals surface area contributed by atoms with Gasteiger partial charge in [0.05, 0.1) is 13.0 Å². The molecular weight excluding hydrogens is 292 g/mol. The lowest BCUT2D eigenvalue weighted by Crippen LogP contribution is -2.38. The van der Waals surface area contributed by atoms with Crippen molar-refractivity contribution in [2.75, 3.05) is 24.7 Å². The Balaban J connectivity index is 1.76. The third kappa shape index (κ3) is 3.41. The number of nitrogens with zero attached hydrogens (tertiary/aromatic N) is 4. The second-order valence-electron chi connectivity index (χ2n) is 5.23. The molecular formula is C17H18N4O2. The van der Waals surface area contributed by atoms with Gasteiger partial charge in [0.15, 0.2) is 5.82 Å². The molecule has 23 heavy (non-hydrogen) atoms. The summed E-state index contributed by atoms with van der Waals surface area (Å²) < 4.78 is 6.98. The Morgan fingerprint density at radius 2 is 2.13 bits per heavy atom. The number of rotatable bonds is 5. The van der Waals surface area contributed by atoms with Crippen LogP contribution in [0.4, 0.5) is 5.95 Å². The molecule has 0 saturated heterocycles. The van der Waals surface area contributed by atoms with Gasteiger partial charge in [-0.25, -0.2) is 4.68 Å². The van der Waals surface area contributed by atoms with Crippen molar-refractivity contribution in [2.45, 2.75) is 19.4 Å². The predicted molar refractivity (Wildman–Crippen MR) is 86.7 cm³/mol. The highest BCUT2D eigenvalue weighted by Gasteiger charge is 2.26. The summed E-state index contributed by atoms with van der Waals surface area (Å²) in [7, 11) is 0. The van der Waals surface area contributed by atoms with Crippen LogP contribution in [-0.4, -0.2) is 40.4 Å². The van der Waals surface area contributed by atoms with Gasteiger partial charge >= 0.3 is 0 Å². The molecule has 118 valence electrons. The first-order valence-electron chi connectivity index (χ1n) is 7.61. The van der Waals surface area contributed by atoms with Gasteiger partial charge in [-0.15, -0.1) is 11.5 Å². The molecule has 0 spiro atoms. The van der Waals surface area contributed by atoms with Crippen LogP contribution in [0.15, 0.2) is 30.3 Å². The normalized spacial score (nSPS) is 13.4. The molecule has 0 unspecified atom stereocenters. The van der Waals surface area contributed by atoms with E-state index in [-0.39, 0.29) is 18.9 Å². The van der Waals surface area contributed by atoms with Crippen LogP contribution in [0.3, 0.4) is 0 Å². The Morgan fingerprint density at radius 3 is 2.91 bits per heavy atom. The van der Waals surface area contributed by atoms with Crippen LogP contribution < -0.4 is 4.90 Å². The van der Waals surface area contributed by atoms with Crippen LogP contribution in [0.5, 0.6) is 0 Å². The van der Waals surface area contributed by atoms with Gasteiger partial charge in [0.1, 0.15) is 6.61 Å². The summed E-state index contributed by atoms with van der Waals surface area (Å²) in [6.45, 7) is 1.97. The van der Waals surface area contributed by atoms with E-state index in [1.807, 2.05) is 30.3 Å². The van der Waals surface area contributed by atoms with Gasteiger partial charge in [-0.2, -0.15) is 4.98 Å². The molecule has 2 aromatic rings. The minimum absolute atomic E-state index is 0.0185. The number of amides is 1. The molecule has 0 N–H and O–H groups in total. The number of hydrogen-bond acceptors (Lipinski definition) is 4. The number of aromatic nitrogens is 3. The summed E-state index contributed by atoms with van der Waals surface area (Å²) >= 11 is 0. The van der Waals surface area contributed by atoms with Gasteiger partial charge in [0.2, 0.25) is 11.9 Å². The van der Waals surface area contributed by atoms with Gasteiger partial charge in [0, 0.05) is 18.7 Å². The summed E-state index contributed by atoms with van der Waals surface area (Å²) in [6.07, 6.45) is 6.27. The van der Waals surface area contributed by atoms with E-state index in [4.69, 9.17) is 11.2 Å². The topological polar surface area (TPSA) is 60.2 Å². The molecule has 0 bridgehead atoms. The molecule has 0 radical (unpaired) electrons. The van der Waals surface area contributed by atoms with Crippen LogP contribution in [0.1, 0.15) is 12.8 Å². The van der Waals surface area contributed by atoms with Crippen molar-refractivity contribution in [3.63, 3.8) is 0 Å². The fourth-order valence-corrected chi connectivity index (χ4v) is 2.53. The Labute approximate surface area is 135 Å². The van der Waals surface area contributed by atoms with Crippen molar-refractivity contribution < 1.29 is 9.53 Å². The van der Waals surface area contributed by atoms with Crippen molar-refractivity contribution in [3.8, 4) is 23.7 Å². The van der Waals surface area contributed by atoms with E-state index < -0.39 is 0 Å². The molecule has 0 saturated carbocycles. The quantitative estimate of drug-likeness (QED) is 0.623. The van der Waals surface area contributed by atoms with Crippen molar-refractivity contribution in [2.24, 2.45) is 0 Å². The molecule has 1 aromatic carbocycles. The second kappa shape index (κ2) is 7.07. The van der Waals surface area contributed by atoms with E-state index in [9.17, 15) is 4.79 Å². The Kier molecular flexibility index (Phi) is 4.69. The molecule has 1 amide bonds. The van der Waals surface area contributed by atoms with Gasteiger partial charge < -0.3 is 4.74 Å². The summed E-state index contributed by atoms with van der Waals surface area (Å²) in [5.41, 5.74) is 0.944. The fraction of sp³-hybridized carbons (Fsp3) is 0.353. The van der Waals surface area contributed by atoms with E-state index >= 15 is 0 Å². The molecule has 0 atom stereocenters. The van der Waals surface area contributed by atoms with Crippen molar-refractivity contribution in [3.05, 3.63) is 30.3 Å². The highest BCUT2D eigenvalue weighted by atomic mass is 16.5. The Bertz CT molecular complexity index is 718. The van der Waals surface area contributed by atoms with Crippen LogP contribution >= 0.6 is 0 Å². The average molecular weight is 310 g/mol. The molecule has 2 heterocycles. The number of anilines is 1. The molecule has 6 nitrogen and oxygen atoms in total. The summed E-state index contributed by atoms with van der Waals surface area (Å²) in [4.78, 5) is 18.6. The minimum Gasteiger partial charge on any atom is -0.368 e. The highest BCUT2D eigenvalue weighted by molar-refractivity contribution is 5.92. The monoisotopic (exact) mass is 310 g/mol. The maximum absolute atomic E-state index is 12.4. The van der Waals surface area contributed by atoms with Gasteiger partial charge in [0.25, 0.3) is 0 Å². The zero-order valence-corrected chi connectivity index (χ0v) is 12.8. The molecule has 0 aliphatic carbocycles. The van der Waals surface area contributed by atoms with Crippen molar-refractivity contribution in [1.29, 1.82) is 0 Å². The SMILES string of the molecule is C#CCOCCC(=O)N1CCCn2nc(-c3ccccc3)nc21. The van der Waals surface area contributed by atoms with Crippen LogP contribution in [-0.2, 0) is 16.1 Å². The molecule has 6 heteroatoms. The lowest BCUT2D eigenvalue weighted by molar-refractivity contribution is -0.119. The number of terminal acetylenes is 1. The summed E-state index contributed by atoms with van der Waals surface area (Å²) in [6, 6.07) is 9.76. The van der Waals surface area contributed by atoms with Gasteiger partial charge in [-0.05, 0) is 6.42 Å². The average Bonchev–Trinajstić information content (AvgIpc) is 3.03. The summed E-state index contributed by atoms with van der Waals surface area (Å²) in [5.74, 6) is 3.62. The number of ether oxygens (including phenoxy) is 1. The van der Waals surface area contributed by atoms with Crippen LogP contribution in [0.25, 0.3) is 11.4 Å². The zero-order chi connectivity index (χ0) is 16.1. The van der Waals surface area contributed by atoms with E-state index in [0.717, 1.165) is 18.5 Å². The first kappa shape index (κ1) is 15.3. The molecule has 1 aromatic heterocycles. The van der Waals surface area contributed by atoms with Crippen LogP contribution in [0.2, 0.25) is 0 Å². The number of aryl methyl sites for hydroxylation is 1. The zero-order valence-electron chi connectivity index (χ0n) is 12.8. The predicted octanol–water partition coefficient (Wildman–Crippen LogP) is 1.72. The van der Waals surface area contributed by atoms with Gasteiger partial charge in [-0.3, -0.25) is 9.69 Å². The first-order chi connectivity index (χ1) is 11.3. The molecule has 0 fully saturated rings. The lowest BCUT2D eigenvalue weighted by Gasteiger charge is -2.25. The molecule has 3 rings (SSSR count). The number of fused-ring (bicyclic) bond motifs is 1. The number of benzene rings is 1. The maximum atomic E-state index is 12.4. The summed E-state index contributed by atoms with van der Waals surface area (Å²) in [5, 5.41) is 4.52. The second-order valence-corrected chi connectivity index (χ2v) is 5.23.